The van der Waals surface area contributed by atoms with E-state index >= 15 is 0 Å². The second kappa shape index (κ2) is 5.02. The molecule has 1 heterocycles. The molecule has 1 radical (unpaired) electrons. The smallest absolute Gasteiger partial charge is 0.146 e. The molecule has 1 rings (SSSR count). The maximum absolute atomic E-state index is 3.06. The van der Waals surface area contributed by atoms with Gasteiger partial charge in [-0.15, -0.1) is 0 Å². The van der Waals surface area contributed by atoms with Crippen LogP contribution >= 0.6 is 0 Å². The van der Waals surface area contributed by atoms with Crippen LogP contribution in [0.25, 0.3) is 0 Å². The van der Waals surface area contributed by atoms with E-state index in [2.05, 4.69) is 12.6 Å². The second-order valence-corrected chi connectivity index (χ2v) is 0.947. The molecule has 2 heteroatoms. The summed E-state index contributed by atoms with van der Waals surface area (Å²) in [5, 5.41) is 3.06. The normalized spacial score (nSPS) is 15.7. The van der Waals surface area contributed by atoms with Crippen molar-refractivity contribution in [1.29, 1.82) is 0 Å². The van der Waals surface area contributed by atoms with E-state index in [0.717, 1.165) is 12.9 Å². The van der Waals surface area contributed by atoms with Crippen molar-refractivity contribution in [3.8, 4) is 0 Å². The second-order valence-electron chi connectivity index (χ2n) is 0.947. The van der Waals surface area contributed by atoms with Gasteiger partial charge in [-0.1, -0.05) is 13.8 Å². The van der Waals surface area contributed by atoms with Gasteiger partial charge in [-0.2, -0.15) is 0 Å². The molecule has 1 aliphatic heterocycles. The summed E-state index contributed by atoms with van der Waals surface area (Å²) < 4.78 is 0. The number of hydrogen-bond acceptors (Lipinski definition) is 1. The zero-order valence-electron chi connectivity index (χ0n) is 4.49. The molecule has 1 nitrogen and oxygen atoms in total. The van der Waals surface area contributed by atoms with E-state index in [9.17, 15) is 0 Å². The summed E-state index contributed by atoms with van der Waals surface area (Å²) in [5.41, 5.74) is 0. The highest BCUT2D eigenvalue weighted by atomic mass is 14.9. The van der Waals surface area contributed by atoms with Crippen LogP contribution in [0.4, 0.5) is 0 Å². The molecule has 0 aromatic carbocycles. The van der Waals surface area contributed by atoms with Gasteiger partial charge < -0.3 is 5.32 Å². The lowest BCUT2D eigenvalue weighted by molar-refractivity contribution is 0.843. The molecule has 0 spiro atoms. The summed E-state index contributed by atoms with van der Waals surface area (Å²) in [6.07, 6.45) is 2.25. The standard InChI is InChI=1S/C2H5BN.C2H6/c1-3-2-4-1;1-2/h4H,1-2H2;1-2H3. The first kappa shape index (κ1) is 6.02. The van der Waals surface area contributed by atoms with E-state index in [4.69, 9.17) is 0 Å². The van der Waals surface area contributed by atoms with Crippen molar-refractivity contribution in [2.75, 3.05) is 12.9 Å². The van der Waals surface area contributed by atoms with Crippen molar-refractivity contribution in [2.45, 2.75) is 13.8 Å². The number of nitrogens with one attached hydrogen (secondary N) is 1. The zero-order valence-corrected chi connectivity index (χ0v) is 4.49. The first-order valence-corrected chi connectivity index (χ1v) is 2.52. The summed E-state index contributed by atoms with van der Waals surface area (Å²) in [7, 11) is 2.19. The summed E-state index contributed by atoms with van der Waals surface area (Å²) in [6, 6.07) is 0. The Labute approximate surface area is 40.4 Å². The Bertz CT molecular complexity index is 15.5. The van der Waals surface area contributed by atoms with Crippen LogP contribution in [-0.2, 0) is 0 Å². The van der Waals surface area contributed by atoms with E-state index in [-0.39, 0.29) is 0 Å². The SMILES string of the molecule is CC.[B]1CNC1. The highest BCUT2D eigenvalue weighted by Gasteiger charge is 1.95. The number of hydrogen-bond donors (Lipinski definition) is 1. The predicted octanol–water partition coefficient (Wildman–Crippen LogP) is 0.235. The summed E-state index contributed by atoms with van der Waals surface area (Å²) in [4.78, 5) is 0. The van der Waals surface area contributed by atoms with Crippen LogP contribution in [0.15, 0.2) is 0 Å². The lowest BCUT2D eigenvalue weighted by Gasteiger charge is -2.08. The van der Waals surface area contributed by atoms with Gasteiger partial charge in [0.1, 0.15) is 7.28 Å². The molecule has 1 fully saturated rings. The number of rotatable bonds is 0. The van der Waals surface area contributed by atoms with Crippen molar-refractivity contribution in [3.05, 3.63) is 0 Å². The van der Waals surface area contributed by atoms with Crippen LogP contribution in [0.5, 0.6) is 0 Å². The monoisotopic (exact) mass is 84.1 g/mol. The van der Waals surface area contributed by atoms with Crippen molar-refractivity contribution in [2.24, 2.45) is 0 Å². The van der Waals surface area contributed by atoms with E-state index in [1.807, 2.05) is 13.8 Å². The van der Waals surface area contributed by atoms with Gasteiger partial charge in [0.15, 0.2) is 0 Å². The highest BCUT2D eigenvalue weighted by Crippen LogP contribution is 1.64. The van der Waals surface area contributed by atoms with Gasteiger partial charge in [0.2, 0.25) is 0 Å². The van der Waals surface area contributed by atoms with E-state index in [1.165, 1.54) is 0 Å². The Balaban J connectivity index is 0.000000112. The van der Waals surface area contributed by atoms with Crippen molar-refractivity contribution in [1.82, 2.24) is 5.32 Å². The van der Waals surface area contributed by atoms with Crippen LogP contribution in [0.3, 0.4) is 0 Å². The van der Waals surface area contributed by atoms with Gasteiger partial charge in [0.05, 0.1) is 0 Å². The van der Waals surface area contributed by atoms with Crippen LogP contribution in [0.2, 0.25) is 0 Å². The van der Waals surface area contributed by atoms with E-state index in [0.29, 0.717) is 0 Å². The average Bonchev–Trinajstić information content (AvgIpc) is 1.36. The van der Waals surface area contributed by atoms with Crippen molar-refractivity contribution < 1.29 is 0 Å². The molecular weight excluding hydrogens is 72.9 g/mol. The molecule has 1 saturated heterocycles. The first-order valence-electron chi connectivity index (χ1n) is 2.52. The molecule has 35 valence electrons. The Hall–Kier alpha value is 0.0249. The molecule has 0 amide bonds. The summed E-state index contributed by atoms with van der Waals surface area (Å²) >= 11 is 0. The molecule has 0 aromatic heterocycles. The molecule has 0 aliphatic carbocycles. The molecule has 0 atom stereocenters. The van der Waals surface area contributed by atoms with Gasteiger partial charge in [-0.05, 0) is 12.9 Å². The predicted molar refractivity (Wildman–Crippen MR) is 30.0 cm³/mol. The Morgan fingerprint density at radius 2 is 1.50 bits per heavy atom. The van der Waals surface area contributed by atoms with E-state index < -0.39 is 0 Å². The van der Waals surface area contributed by atoms with Crippen LogP contribution < -0.4 is 5.32 Å². The molecule has 1 aliphatic rings. The summed E-state index contributed by atoms with van der Waals surface area (Å²) in [5.74, 6) is 0. The molecule has 0 bridgehead atoms. The fourth-order valence-corrected chi connectivity index (χ4v) is 0.144. The van der Waals surface area contributed by atoms with Crippen molar-refractivity contribution >= 4 is 7.28 Å². The highest BCUT2D eigenvalue weighted by molar-refractivity contribution is 6.39. The third kappa shape index (κ3) is 2.27. The lowest BCUT2D eigenvalue weighted by atomic mass is 9.72. The molecular formula is C4H11BN. The molecule has 6 heavy (non-hydrogen) atoms. The fraction of sp³-hybridized carbons (Fsp3) is 1.00. The Morgan fingerprint density at radius 3 is 1.50 bits per heavy atom. The lowest BCUT2D eigenvalue weighted by Crippen LogP contribution is -2.39. The zero-order chi connectivity index (χ0) is 4.83. The minimum absolute atomic E-state index is 1.12. The van der Waals surface area contributed by atoms with Gasteiger partial charge in [-0.3, -0.25) is 0 Å². The first-order chi connectivity index (χ1) is 3.00. The van der Waals surface area contributed by atoms with Crippen LogP contribution in [0.1, 0.15) is 13.8 Å². The quantitative estimate of drug-likeness (QED) is 0.414. The van der Waals surface area contributed by atoms with Crippen LogP contribution in [0, 0.1) is 0 Å². The fourth-order valence-electron chi connectivity index (χ4n) is 0.144. The van der Waals surface area contributed by atoms with Gasteiger partial charge in [0.25, 0.3) is 0 Å². The van der Waals surface area contributed by atoms with E-state index in [1.54, 1.807) is 0 Å². The molecule has 1 N–H and O–H groups in total. The maximum Gasteiger partial charge on any atom is 0.146 e. The minimum Gasteiger partial charge on any atom is -0.333 e. The largest absolute Gasteiger partial charge is 0.333 e. The van der Waals surface area contributed by atoms with Gasteiger partial charge in [-0.25, -0.2) is 0 Å². The molecule has 0 unspecified atom stereocenters. The summed E-state index contributed by atoms with van der Waals surface area (Å²) in [6.45, 7) is 4.00. The van der Waals surface area contributed by atoms with Crippen LogP contribution in [-0.4, -0.2) is 20.2 Å². The third-order valence-electron chi connectivity index (χ3n) is 0.577. The van der Waals surface area contributed by atoms with Gasteiger partial charge in [0, 0.05) is 0 Å². The van der Waals surface area contributed by atoms with Gasteiger partial charge >= 0.3 is 0 Å². The minimum atomic E-state index is 1.12. The maximum atomic E-state index is 3.06. The molecule has 0 saturated carbocycles. The average molecular weight is 84.0 g/mol. The molecule has 0 aromatic rings. The van der Waals surface area contributed by atoms with Crippen molar-refractivity contribution in [3.63, 3.8) is 0 Å². The Morgan fingerprint density at radius 1 is 1.33 bits per heavy atom. The third-order valence-corrected chi connectivity index (χ3v) is 0.577. The Kier molecular flexibility index (Phi) is 5.05. The topological polar surface area (TPSA) is 12.0 Å².